The zero-order chi connectivity index (χ0) is 12.3. The van der Waals surface area contributed by atoms with Gasteiger partial charge in [-0.15, -0.1) is 0 Å². The predicted octanol–water partition coefficient (Wildman–Crippen LogP) is 1.92. The van der Waals surface area contributed by atoms with E-state index in [1.165, 1.54) is 12.1 Å². The Morgan fingerprint density at radius 3 is 2.94 bits per heavy atom. The van der Waals surface area contributed by atoms with E-state index in [9.17, 15) is 0 Å². The first-order valence-electron chi connectivity index (χ1n) is 6.11. The van der Waals surface area contributed by atoms with E-state index in [4.69, 9.17) is 5.73 Å². The number of likely N-dealkylation sites (N-methyl/N-ethyl adjacent to an activating group) is 1. The van der Waals surface area contributed by atoms with Crippen LogP contribution in [0.1, 0.15) is 6.42 Å². The molecule has 1 aromatic carbocycles. The Morgan fingerprint density at radius 2 is 2.24 bits per heavy atom. The van der Waals surface area contributed by atoms with Crippen LogP contribution < -0.4 is 10.6 Å². The van der Waals surface area contributed by atoms with Crippen molar-refractivity contribution in [1.82, 2.24) is 4.90 Å². The lowest BCUT2D eigenvalue weighted by molar-refractivity contribution is 0.332. The van der Waals surface area contributed by atoms with Crippen molar-refractivity contribution in [3.05, 3.63) is 28.7 Å². The van der Waals surface area contributed by atoms with E-state index in [1.54, 1.807) is 0 Å². The van der Waals surface area contributed by atoms with Crippen LogP contribution in [0.4, 0.5) is 5.69 Å². The van der Waals surface area contributed by atoms with E-state index in [2.05, 4.69) is 57.0 Å². The summed E-state index contributed by atoms with van der Waals surface area (Å²) in [5, 5.41) is 0. The number of nitrogens with zero attached hydrogens (tertiary/aromatic N) is 2. The van der Waals surface area contributed by atoms with Gasteiger partial charge in [-0.05, 0) is 38.2 Å². The molecular weight excluding hydrogens is 278 g/mol. The maximum absolute atomic E-state index is 5.92. The fourth-order valence-electron chi connectivity index (χ4n) is 2.44. The van der Waals surface area contributed by atoms with Gasteiger partial charge in [-0.25, -0.2) is 0 Å². The van der Waals surface area contributed by atoms with Gasteiger partial charge in [0.15, 0.2) is 0 Å². The number of hydrogen-bond donors (Lipinski definition) is 1. The van der Waals surface area contributed by atoms with Crippen molar-refractivity contribution in [3.63, 3.8) is 0 Å². The summed E-state index contributed by atoms with van der Waals surface area (Å²) in [6.45, 7) is 3.99. The summed E-state index contributed by atoms with van der Waals surface area (Å²) < 4.78 is 1.13. The molecule has 3 nitrogen and oxygen atoms in total. The summed E-state index contributed by atoms with van der Waals surface area (Å²) in [6.07, 6.45) is 1.19. The maximum atomic E-state index is 5.92. The lowest BCUT2D eigenvalue weighted by atomic mass is 10.2. The van der Waals surface area contributed by atoms with Crippen molar-refractivity contribution in [1.29, 1.82) is 0 Å². The molecule has 1 unspecified atom stereocenters. The molecule has 0 bridgehead atoms. The van der Waals surface area contributed by atoms with E-state index >= 15 is 0 Å². The van der Waals surface area contributed by atoms with Crippen molar-refractivity contribution in [3.8, 4) is 0 Å². The molecule has 1 fully saturated rings. The lowest BCUT2D eigenvalue weighted by Crippen LogP contribution is -2.45. The van der Waals surface area contributed by atoms with Gasteiger partial charge in [0.1, 0.15) is 0 Å². The van der Waals surface area contributed by atoms with Crippen LogP contribution in [0, 0.1) is 0 Å². The van der Waals surface area contributed by atoms with Crippen molar-refractivity contribution in [2.45, 2.75) is 12.5 Å². The van der Waals surface area contributed by atoms with Gasteiger partial charge in [-0.2, -0.15) is 0 Å². The maximum Gasteiger partial charge on any atom is 0.0539 e. The first-order valence-corrected chi connectivity index (χ1v) is 6.91. The van der Waals surface area contributed by atoms with Crippen LogP contribution in [0.2, 0.25) is 0 Å². The topological polar surface area (TPSA) is 32.5 Å². The van der Waals surface area contributed by atoms with E-state index in [0.29, 0.717) is 12.6 Å². The Kier molecular flexibility index (Phi) is 4.42. The minimum atomic E-state index is 0.414. The number of rotatable bonds is 2. The number of hydrogen-bond acceptors (Lipinski definition) is 3. The summed E-state index contributed by atoms with van der Waals surface area (Å²) in [6, 6.07) is 8.90. The highest BCUT2D eigenvalue weighted by Gasteiger charge is 2.22. The molecule has 2 N–H and O–H groups in total. The fourth-order valence-corrected chi connectivity index (χ4v) is 2.83. The van der Waals surface area contributed by atoms with Gasteiger partial charge in [-0.3, -0.25) is 0 Å². The third-order valence-electron chi connectivity index (χ3n) is 3.31. The number of halogens is 1. The van der Waals surface area contributed by atoms with Crippen LogP contribution in [0.25, 0.3) is 0 Å². The van der Waals surface area contributed by atoms with E-state index in [1.807, 2.05) is 0 Å². The molecule has 4 heteroatoms. The summed E-state index contributed by atoms with van der Waals surface area (Å²) in [5.41, 5.74) is 7.19. The number of nitrogens with two attached hydrogens (primary N) is 1. The molecule has 0 spiro atoms. The Bertz CT molecular complexity index is 369. The Labute approximate surface area is 112 Å². The smallest absolute Gasteiger partial charge is 0.0539 e. The molecule has 0 amide bonds. The Hall–Kier alpha value is -0.580. The summed E-state index contributed by atoms with van der Waals surface area (Å²) >= 11 is 3.53. The van der Waals surface area contributed by atoms with Crippen molar-refractivity contribution in [2.75, 3.05) is 38.1 Å². The monoisotopic (exact) mass is 297 g/mol. The molecule has 1 aromatic rings. The van der Waals surface area contributed by atoms with Crippen LogP contribution in [0.5, 0.6) is 0 Å². The highest BCUT2D eigenvalue weighted by molar-refractivity contribution is 9.10. The van der Waals surface area contributed by atoms with Gasteiger partial charge in [0.25, 0.3) is 0 Å². The Balaban J connectivity index is 2.22. The van der Waals surface area contributed by atoms with E-state index < -0.39 is 0 Å². The molecule has 1 heterocycles. The molecule has 0 radical (unpaired) electrons. The summed E-state index contributed by atoms with van der Waals surface area (Å²) in [7, 11) is 2.17. The molecule has 1 atom stereocenters. The second-order valence-corrected chi connectivity index (χ2v) is 5.59. The molecule has 0 saturated carbocycles. The standard InChI is InChI=1S/C13H20BrN3/c1-16-6-3-7-17(13(9-15)10-16)12-5-2-4-11(14)8-12/h2,4-5,8,13H,3,6-7,9-10,15H2,1H3. The van der Waals surface area contributed by atoms with Crippen molar-refractivity contribution in [2.24, 2.45) is 5.73 Å². The average Bonchev–Trinajstić information content (AvgIpc) is 2.50. The van der Waals surface area contributed by atoms with Crippen LogP contribution in [0.3, 0.4) is 0 Å². The number of benzene rings is 1. The molecule has 2 rings (SSSR count). The van der Waals surface area contributed by atoms with Crippen LogP contribution in [0.15, 0.2) is 28.7 Å². The summed E-state index contributed by atoms with van der Waals surface area (Å²) in [5.74, 6) is 0. The third kappa shape index (κ3) is 3.21. The minimum Gasteiger partial charge on any atom is -0.366 e. The highest BCUT2D eigenvalue weighted by Crippen LogP contribution is 2.23. The molecule has 0 aromatic heterocycles. The van der Waals surface area contributed by atoms with Crippen LogP contribution in [-0.4, -0.2) is 44.2 Å². The van der Waals surface area contributed by atoms with Gasteiger partial charge in [-0.1, -0.05) is 22.0 Å². The Morgan fingerprint density at radius 1 is 1.41 bits per heavy atom. The van der Waals surface area contributed by atoms with E-state index in [-0.39, 0.29) is 0 Å². The third-order valence-corrected chi connectivity index (χ3v) is 3.81. The van der Waals surface area contributed by atoms with Crippen LogP contribution >= 0.6 is 15.9 Å². The average molecular weight is 298 g/mol. The molecule has 94 valence electrons. The zero-order valence-electron chi connectivity index (χ0n) is 10.3. The summed E-state index contributed by atoms with van der Waals surface area (Å²) in [4.78, 5) is 4.81. The normalized spacial score (nSPS) is 22.5. The SMILES string of the molecule is CN1CCCN(c2cccc(Br)c2)C(CN)C1. The molecule has 1 aliphatic rings. The predicted molar refractivity (Wildman–Crippen MR) is 76.4 cm³/mol. The van der Waals surface area contributed by atoms with Gasteiger partial charge >= 0.3 is 0 Å². The fraction of sp³-hybridized carbons (Fsp3) is 0.538. The second-order valence-electron chi connectivity index (χ2n) is 4.68. The van der Waals surface area contributed by atoms with E-state index in [0.717, 1.165) is 24.1 Å². The molecule has 17 heavy (non-hydrogen) atoms. The zero-order valence-corrected chi connectivity index (χ0v) is 11.9. The van der Waals surface area contributed by atoms with Crippen LogP contribution in [-0.2, 0) is 0 Å². The minimum absolute atomic E-state index is 0.414. The molecule has 1 saturated heterocycles. The van der Waals surface area contributed by atoms with Gasteiger partial charge < -0.3 is 15.5 Å². The van der Waals surface area contributed by atoms with Gasteiger partial charge in [0.2, 0.25) is 0 Å². The van der Waals surface area contributed by atoms with Crippen molar-refractivity contribution < 1.29 is 0 Å². The molecule has 0 aliphatic carbocycles. The second kappa shape index (κ2) is 5.85. The largest absolute Gasteiger partial charge is 0.366 e. The molecular formula is C13H20BrN3. The van der Waals surface area contributed by atoms with Gasteiger partial charge in [0.05, 0.1) is 6.04 Å². The molecule has 1 aliphatic heterocycles. The highest BCUT2D eigenvalue weighted by atomic mass is 79.9. The number of anilines is 1. The lowest BCUT2D eigenvalue weighted by Gasteiger charge is -2.32. The van der Waals surface area contributed by atoms with Gasteiger partial charge in [0, 0.05) is 29.8 Å². The quantitative estimate of drug-likeness (QED) is 0.905. The first-order chi connectivity index (χ1) is 8.20. The van der Waals surface area contributed by atoms with Crippen molar-refractivity contribution >= 4 is 21.6 Å². The first kappa shape index (κ1) is 12.9.